The van der Waals surface area contributed by atoms with Crippen molar-refractivity contribution in [2.45, 2.75) is 6.54 Å². The first kappa shape index (κ1) is 12.6. The number of halogens is 1. The fraction of sp³-hybridized carbons (Fsp3) is 0.0625. The standard InChI is InChI=1S/C16H14N.ClH/c1-2-6-14(7-3-1)12-17-11-10-15-8-4-5-9-16(15)13-17;/h1-11,13H,12H2;1H/q+1;. The van der Waals surface area contributed by atoms with Crippen molar-refractivity contribution >= 4 is 23.2 Å². The Morgan fingerprint density at radius 1 is 0.722 bits per heavy atom. The maximum Gasteiger partial charge on any atom is 0.176 e. The largest absolute Gasteiger partial charge is 0.200 e. The average molecular weight is 257 g/mol. The van der Waals surface area contributed by atoms with E-state index in [0.29, 0.717) is 0 Å². The Balaban J connectivity index is 0.00000120. The Morgan fingerprint density at radius 2 is 1.39 bits per heavy atom. The summed E-state index contributed by atoms with van der Waals surface area (Å²) in [5, 5.41) is 2.57. The second kappa shape index (κ2) is 5.65. The van der Waals surface area contributed by atoms with Crippen LogP contribution in [0.1, 0.15) is 5.56 Å². The third-order valence-electron chi connectivity index (χ3n) is 2.95. The molecule has 3 aromatic rings. The molecule has 0 saturated carbocycles. The Labute approximate surface area is 113 Å². The van der Waals surface area contributed by atoms with Gasteiger partial charge in [-0.3, -0.25) is 0 Å². The molecule has 2 aromatic carbocycles. The second-order valence-corrected chi connectivity index (χ2v) is 4.23. The number of fused-ring (bicyclic) bond motifs is 1. The van der Waals surface area contributed by atoms with Crippen LogP contribution in [0.3, 0.4) is 0 Å². The molecule has 0 fully saturated rings. The van der Waals surface area contributed by atoms with Crippen molar-refractivity contribution in [3.63, 3.8) is 0 Å². The number of aromatic nitrogens is 1. The summed E-state index contributed by atoms with van der Waals surface area (Å²) in [4.78, 5) is 0. The quantitative estimate of drug-likeness (QED) is 0.617. The highest BCUT2D eigenvalue weighted by Gasteiger charge is 2.03. The molecule has 0 radical (unpaired) electrons. The molecule has 90 valence electrons. The molecule has 0 aliphatic carbocycles. The first-order valence-electron chi connectivity index (χ1n) is 5.83. The van der Waals surface area contributed by atoms with Gasteiger partial charge in [0.2, 0.25) is 0 Å². The minimum atomic E-state index is 0. The molecule has 1 nitrogen and oxygen atoms in total. The van der Waals surface area contributed by atoms with Gasteiger partial charge < -0.3 is 0 Å². The van der Waals surface area contributed by atoms with Crippen molar-refractivity contribution in [2.24, 2.45) is 0 Å². The van der Waals surface area contributed by atoms with Crippen LogP contribution in [0.15, 0.2) is 73.1 Å². The number of rotatable bonds is 2. The number of hydrogen-bond donors (Lipinski definition) is 0. The summed E-state index contributed by atoms with van der Waals surface area (Å²) in [5.74, 6) is 0. The number of hydrogen-bond acceptors (Lipinski definition) is 0. The summed E-state index contributed by atoms with van der Waals surface area (Å²) in [7, 11) is 0. The molecule has 0 aliphatic rings. The lowest BCUT2D eigenvalue weighted by Gasteiger charge is -1.99. The van der Waals surface area contributed by atoms with Crippen molar-refractivity contribution in [3.05, 3.63) is 78.6 Å². The average Bonchev–Trinajstić information content (AvgIpc) is 2.40. The molecule has 0 unspecified atom stereocenters. The lowest BCUT2D eigenvalue weighted by Crippen LogP contribution is -2.33. The number of nitrogens with zero attached hydrogens (tertiary/aromatic N) is 1. The molecule has 0 spiro atoms. The van der Waals surface area contributed by atoms with Crippen LogP contribution in [0.4, 0.5) is 0 Å². The summed E-state index contributed by atoms with van der Waals surface area (Å²) in [6, 6.07) is 21.1. The maximum atomic E-state index is 2.22. The van der Waals surface area contributed by atoms with Crippen LogP contribution < -0.4 is 4.57 Å². The van der Waals surface area contributed by atoms with Crippen LogP contribution in [-0.4, -0.2) is 0 Å². The molecule has 0 amide bonds. The zero-order chi connectivity index (χ0) is 11.5. The topological polar surface area (TPSA) is 3.88 Å². The van der Waals surface area contributed by atoms with E-state index in [1.165, 1.54) is 16.3 Å². The molecule has 18 heavy (non-hydrogen) atoms. The Morgan fingerprint density at radius 3 is 2.17 bits per heavy atom. The lowest BCUT2D eigenvalue weighted by atomic mass is 10.1. The van der Waals surface area contributed by atoms with E-state index in [1.807, 2.05) is 0 Å². The maximum absolute atomic E-state index is 2.22. The first-order chi connectivity index (χ1) is 8.42. The normalized spacial score (nSPS) is 10.0. The van der Waals surface area contributed by atoms with Gasteiger partial charge in [0.1, 0.15) is 0 Å². The van der Waals surface area contributed by atoms with Crippen molar-refractivity contribution in [2.75, 3.05) is 0 Å². The summed E-state index contributed by atoms with van der Waals surface area (Å²) in [6.45, 7) is 0.922. The van der Waals surface area contributed by atoms with Crippen molar-refractivity contribution in [1.29, 1.82) is 0 Å². The molecule has 1 aromatic heterocycles. The molecule has 0 saturated heterocycles. The monoisotopic (exact) mass is 256 g/mol. The molecule has 1 heterocycles. The van der Waals surface area contributed by atoms with Crippen LogP contribution in [0.5, 0.6) is 0 Å². The number of pyridine rings is 1. The highest BCUT2D eigenvalue weighted by molar-refractivity contribution is 5.85. The van der Waals surface area contributed by atoms with Gasteiger partial charge in [-0.2, -0.15) is 0 Å². The predicted molar refractivity (Wildman–Crippen MR) is 76.9 cm³/mol. The van der Waals surface area contributed by atoms with E-state index in [9.17, 15) is 0 Å². The summed E-state index contributed by atoms with van der Waals surface area (Å²) >= 11 is 0. The van der Waals surface area contributed by atoms with Crippen LogP contribution in [0, 0.1) is 0 Å². The Hall–Kier alpha value is -1.86. The molecule has 3 rings (SSSR count). The predicted octanol–water partition coefficient (Wildman–Crippen LogP) is 3.60. The number of benzene rings is 2. The van der Waals surface area contributed by atoms with Crippen LogP contribution >= 0.6 is 12.4 Å². The van der Waals surface area contributed by atoms with Crippen molar-refractivity contribution < 1.29 is 4.57 Å². The van der Waals surface area contributed by atoms with Gasteiger partial charge in [-0.25, -0.2) is 4.57 Å². The van der Waals surface area contributed by atoms with Crippen molar-refractivity contribution in [1.82, 2.24) is 0 Å². The molecular formula is C16H15ClN+. The third-order valence-corrected chi connectivity index (χ3v) is 2.95. The van der Waals surface area contributed by atoms with E-state index in [2.05, 4.69) is 77.6 Å². The highest BCUT2D eigenvalue weighted by Crippen LogP contribution is 2.10. The van der Waals surface area contributed by atoms with E-state index in [1.54, 1.807) is 0 Å². The van der Waals surface area contributed by atoms with Gasteiger partial charge in [-0.1, -0.05) is 48.5 Å². The minimum absolute atomic E-state index is 0. The molecule has 0 bridgehead atoms. The first-order valence-corrected chi connectivity index (χ1v) is 5.83. The van der Waals surface area contributed by atoms with Gasteiger partial charge in [0.05, 0.1) is 0 Å². The minimum Gasteiger partial charge on any atom is -0.200 e. The van der Waals surface area contributed by atoms with Crippen LogP contribution in [-0.2, 0) is 6.54 Å². The van der Waals surface area contributed by atoms with E-state index >= 15 is 0 Å². The fourth-order valence-corrected chi connectivity index (χ4v) is 2.07. The second-order valence-electron chi connectivity index (χ2n) is 4.23. The molecule has 2 heteroatoms. The molecule has 0 atom stereocenters. The summed E-state index contributed by atoms with van der Waals surface area (Å²) < 4.78 is 2.22. The van der Waals surface area contributed by atoms with E-state index in [0.717, 1.165) is 6.54 Å². The molecule has 0 aliphatic heterocycles. The van der Waals surface area contributed by atoms with Crippen LogP contribution in [0.25, 0.3) is 10.8 Å². The van der Waals surface area contributed by atoms with Gasteiger partial charge >= 0.3 is 0 Å². The highest BCUT2D eigenvalue weighted by atomic mass is 35.5. The zero-order valence-electron chi connectivity index (χ0n) is 9.99. The fourth-order valence-electron chi connectivity index (χ4n) is 2.07. The van der Waals surface area contributed by atoms with E-state index < -0.39 is 0 Å². The van der Waals surface area contributed by atoms with E-state index in [4.69, 9.17) is 0 Å². The Bertz CT molecular complexity index is 635. The SMILES string of the molecule is Cl.c1ccc(C[n+]2ccc3ccccc3c2)cc1. The molecule has 0 N–H and O–H groups in total. The van der Waals surface area contributed by atoms with Gasteiger partial charge in [0, 0.05) is 17.0 Å². The third kappa shape index (κ3) is 2.69. The van der Waals surface area contributed by atoms with E-state index in [-0.39, 0.29) is 12.4 Å². The smallest absolute Gasteiger partial charge is 0.176 e. The van der Waals surface area contributed by atoms with Gasteiger partial charge in [-0.15, -0.1) is 12.4 Å². The molecular weight excluding hydrogens is 242 g/mol. The summed E-state index contributed by atoms with van der Waals surface area (Å²) in [6.07, 6.45) is 4.33. The zero-order valence-corrected chi connectivity index (χ0v) is 10.8. The Kier molecular flexibility index (Phi) is 3.96. The van der Waals surface area contributed by atoms with Crippen LogP contribution in [0.2, 0.25) is 0 Å². The van der Waals surface area contributed by atoms with Gasteiger partial charge in [0.15, 0.2) is 18.9 Å². The lowest BCUT2D eigenvalue weighted by molar-refractivity contribution is -0.687. The van der Waals surface area contributed by atoms with Crippen molar-refractivity contribution in [3.8, 4) is 0 Å². The summed E-state index contributed by atoms with van der Waals surface area (Å²) in [5.41, 5.74) is 1.33. The van der Waals surface area contributed by atoms with Gasteiger partial charge in [0.25, 0.3) is 0 Å². The van der Waals surface area contributed by atoms with Gasteiger partial charge in [-0.05, 0) is 11.5 Å².